The average Bonchev–Trinajstić information content (AvgIpc) is 2.28. The van der Waals surface area contributed by atoms with Crippen LogP contribution in [0.15, 0.2) is 18.2 Å². The Morgan fingerprint density at radius 2 is 2.24 bits per heavy atom. The molecule has 17 heavy (non-hydrogen) atoms. The highest BCUT2D eigenvalue weighted by molar-refractivity contribution is 5.51. The number of nitrogens with zero attached hydrogens (tertiary/aromatic N) is 2. The van der Waals surface area contributed by atoms with Crippen molar-refractivity contribution in [2.75, 3.05) is 7.11 Å². The smallest absolute Gasteiger partial charge is 0.270 e. The summed E-state index contributed by atoms with van der Waals surface area (Å²) in [5, 5.41) is 20.0. The van der Waals surface area contributed by atoms with Gasteiger partial charge < -0.3 is 4.74 Å². The average molecular weight is 232 g/mol. The van der Waals surface area contributed by atoms with Crippen molar-refractivity contribution in [3.8, 4) is 11.8 Å². The lowest BCUT2D eigenvalue weighted by Gasteiger charge is -2.36. The molecule has 1 aliphatic carbocycles. The molecule has 0 radical (unpaired) electrons. The summed E-state index contributed by atoms with van der Waals surface area (Å²) >= 11 is 0. The number of ether oxygens (including phenoxy) is 1. The van der Waals surface area contributed by atoms with E-state index in [1.165, 1.54) is 19.2 Å². The van der Waals surface area contributed by atoms with Gasteiger partial charge in [0.05, 0.1) is 23.5 Å². The van der Waals surface area contributed by atoms with Gasteiger partial charge in [-0.25, -0.2) is 0 Å². The maximum absolute atomic E-state index is 10.8. The third-order valence-electron chi connectivity index (χ3n) is 3.33. The first kappa shape index (κ1) is 11.4. The molecule has 1 aliphatic rings. The first-order chi connectivity index (χ1) is 8.13. The number of nitriles is 1. The first-order valence-electron chi connectivity index (χ1n) is 5.37. The van der Waals surface area contributed by atoms with Gasteiger partial charge in [-0.1, -0.05) is 0 Å². The summed E-state index contributed by atoms with van der Waals surface area (Å²) in [5.41, 5.74) is 0.0439. The Morgan fingerprint density at radius 3 is 2.65 bits per heavy atom. The number of non-ortho nitro benzene ring substituents is 1. The summed E-state index contributed by atoms with van der Waals surface area (Å²) in [6.45, 7) is 0. The van der Waals surface area contributed by atoms with Gasteiger partial charge in [-0.05, 0) is 25.3 Å². The first-order valence-corrected chi connectivity index (χ1v) is 5.37. The van der Waals surface area contributed by atoms with Crippen LogP contribution < -0.4 is 4.74 Å². The van der Waals surface area contributed by atoms with Crippen LogP contribution in [-0.4, -0.2) is 12.0 Å². The Bertz CT molecular complexity index is 501. The van der Waals surface area contributed by atoms with Crippen LogP contribution in [0.5, 0.6) is 5.75 Å². The molecule has 0 spiro atoms. The molecule has 0 saturated heterocycles. The predicted molar refractivity (Wildman–Crippen MR) is 60.8 cm³/mol. The minimum Gasteiger partial charge on any atom is -0.496 e. The van der Waals surface area contributed by atoms with E-state index in [-0.39, 0.29) is 5.69 Å². The fraction of sp³-hybridized carbons (Fsp3) is 0.417. The summed E-state index contributed by atoms with van der Waals surface area (Å²) in [6.07, 6.45) is 2.45. The second-order valence-electron chi connectivity index (χ2n) is 4.19. The Balaban J connectivity index is 2.54. The predicted octanol–water partition coefficient (Wildman–Crippen LogP) is 2.55. The fourth-order valence-corrected chi connectivity index (χ4v) is 2.16. The number of nitro benzene ring substituents is 1. The second kappa shape index (κ2) is 4.06. The zero-order valence-corrected chi connectivity index (χ0v) is 9.47. The van der Waals surface area contributed by atoms with E-state index in [4.69, 9.17) is 4.74 Å². The Labute approximate surface area is 98.8 Å². The van der Waals surface area contributed by atoms with Crippen molar-refractivity contribution in [2.45, 2.75) is 24.7 Å². The maximum atomic E-state index is 10.8. The zero-order valence-electron chi connectivity index (χ0n) is 9.47. The molecule has 1 aromatic carbocycles. The summed E-state index contributed by atoms with van der Waals surface area (Å²) in [4.78, 5) is 10.3. The standard InChI is InChI=1S/C12H12N2O3/c1-17-11-4-3-9(14(15)16)7-10(11)12(8-13)5-2-6-12/h3-4,7H,2,5-6H2,1H3. The van der Waals surface area contributed by atoms with Crippen molar-refractivity contribution in [2.24, 2.45) is 0 Å². The molecule has 1 aromatic rings. The molecule has 1 saturated carbocycles. The molecule has 0 aromatic heterocycles. The number of hydrogen-bond acceptors (Lipinski definition) is 4. The minimum absolute atomic E-state index is 0.00215. The van der Waals surface area contributed by atoms with Crippen LogP contribution in [0.1, 0.15) is 24.8 Å². The largest absolute Gasteiger partial charge is 0.496 e. The molecular formula is C12H12N2O3. The van der Waals surface area contributed by atoms with E-state index >= 15 is 0 Å². The molecule has 5 heteroatoms. The number of rotatable bonds is 3. The van der Waals surface area contributed by atoms with E-state index in [9.17, 15) is 15.4 Å². The van der Waals surface area contributed by atoms with Crippen molar-refractivity contribution >= 4 is 5.69 Å². The van der Waals surface area contributed by atoms with E-state index < -0.39 is 10.3 Å². The third kappa shape index (κ3) is 1.72. The molecule has 0 heterocycles. The summed E-state index contributed by atoms with van der Waals surface area (Å²) in [7, 11) is 1.51. The number of hydrogen-bond donors (Lipinski definition) is 0. The van der Waals surface area contributed by atoms with Crippen molar-refractivity contribution in [3.63, 3.8) is 0 Å². The quantitative estimate of drug-likeness (QED) is 0.592. The van der Waals surface area contributed by atoms with E-state index in [0.29, 0.717) is 11.3 Å². The van der Waals surface area contributed by atoms with Gasteiger partial charge >= 0.3 is 0 Å². The molecule has 0 aliphatic heterocycles. The Hall–Kier alpha value is -2.09. The van der Waals surface area contributed by atoms with Gasteiger partial charge in [0.2, 0.25) is 0 Å². The Kier molecular flexibility index (Phi) is 2.72. The third-order valence-corrected chi connectivity index (χ3v) is 3.33. The molecule has 0 amide bonds. The van der Waals surface area contributed by atoms with E-state index in [0.717, 1.165) is 19.3 Å². The van der Waals surface area contributed by atoms with Gasteiger partial charge in [0, 0.05) is 17.7 Å². The van der Waals surface area contributed by atoms with Gasteiger partial charge in [-0.15, -0.1) is 0 Å². The van der Waals surface area contributed by atoms with Crippen molar-refractivity contribution < 1.29 is 9.66 Å². The van der Waals surface area contributed by atoms with Gasteiger partial charge in [0.15, 0.2) is 0 Å². The van der Waals surface area contributed by atoms with Crippen molar-refractivity contribution in [1.29, 1.82) is 5.26 Å². The topological polar surface area (TPSA) is 76.2 Å². The van der Waals surface area contributed by atoms with E-state index in [2.05, 4.69) is 6.07 Å². The highest BCUT2D eigenvalue weighted by atomic mass is 16.6. The molecule has 88 valence electrons. The lowest BCUT2D eigenvalue weighted by atomic mass is 9.65. The number of benzene rings is 1. The maximum Gasteiger partial charge on any atom is 0.270 e. The van der Waals surface area contributed by atoms with Crippen LogP contribution in [0.4, 0.5) is 5.69 Å². The Morgan fingerprint density at radius 1 is 1.53 bits per heavy atom. The highest BCUT2D eigenvalue weighted by Gasteiger charge is 2.41. The summed E-state index contributed by atoms with van der Waals surface area (Å²) in [5.74, 6) is 0.553. The molecule has 0 unspecified atom stereocenters. The molecule has 0 bridgehead atoms. The van der Waals surface area contributed by atoms with Gasteiger partial charge in [-0.2, -0.15) is 5.26 Å². The van der Waals surface area contributed by atoms with Gasteiger partial charge in [-0.3, -0.25) is 10.1 Å². The van der Waals surface area contributed by atoms with Gasteiger partial charge in [0.1, 0.15) is 5.75 Å². The normalized spacial score (nSPS) is 16.7. The van der Waals surface area contributed by atoms with Crippen LogP contribution in [0, 0.1) is 21.4 Å². The lowest BCUT2D eigenvalue weighted by molar-refractivity contribution is -0.385. The lowest BCUT2D eigenvalue weighted by Crippen LogP contribution is -2.32. The fourth-order valence-electron chi connectivity index (χ4n) is 2.16. The molecule has 0 N–H and O–H groups in total. The van der Waals surface area contributed by atoms with E-state index in [1.54, 1.807) is 6.07 Å². The molecule has 1 fully saturated rings. The molecule has 0 atom stereocenters. The SMILES string of the molecule is COc1ccc([N+](=O)[O-])cc1C1(C#N)CCC1. The summed E-state index contributed by atoms with van der Waals surface area (Å²) in [6, 6.07) is 6.68. The summed E-state index contributed by atoms with van der Waals surface area (Å²) < 4.78 is 5.19. The van der Waals surface area contributed by atoms with Crippen LogP contribution in [0.3, 0.4) is 0 Å². The zero-order chi connectivity index (χ0) is 12.5. The highest BCUT2D eigenvalue weighted by Crippen LogP contribution is 2.47. The second-order valence-corrected chi connectivity index (χ2v) is 4.19. The van der Waals surface area contributed by atoms with Gasteiger partial charge in [0.25, 0.3) is 5.69 Å². The van der Waals surface area contributed by atoms with E-state index in [1.807, 2.05) is 0 Å². The minimum atomic E-state index is -0.600. The number of methoxy groups -OCH3 is 1. The van der Waals surface area contributed by atoms with Crippen LogP contribution in [0.2, 0.25) is 0 Å². The molecular weight excluding hydrogens is 220 g/mol. The number of nitro groups is 1. The van der Waals surface area contributed by atoms with Crippen molar-refractivity contribution in [1.82, 2.24) is 0 Å². The molecule has 2 rings (SSSR count). The van der Waals surface area contributed by atoms with Crippen LogP contribution in [0.25, 0.3) is 0 Å². The van der Waals surface area contributed by atoms with Crippen molar-refractivity contribution in [3.05, 3.63) is 33.9 Å². The van der Waals surface area contributed by atoms with Crippen LogP contribution in [-0.2, 0) is 5.41 Å². The van der Waals surface area contributed by atoms with Crippen LogP contribution >= 0.6 is 0 Å². The monoisotopic (exact) mass is 232 g/mol. The molecule has 5 nitrogen and oxygen atoms in total.